The van der Waals surface area contributed by atoms with Gasteiger partial charge in [0.15, 0.2) is 0 Å². The van der Waals surface area contributed by atoms with Gasteiger partial charge in [0.1, 0.15) is 0 Å². The maximum absolute atomic E-state index is 12.9. The van der Waals surface area contributed by atoms with E-state index in [9.17, 15) is 14.7 Å². The third kappa shape index (κ3) is 5.51. The highest BCUT2D eigenvalue weighted by atomic mass is 16.3. The zero-order valence-electron chi connectivity index (χ0n) is 17.7. The van der Waals surface area contributed by atoms with Crippen LogP contribution in [0.3, 0.4) is 0 Å². The largest absolute Gasteiger partial charge is 0.398 e. The molecule has 0 aliphatic heterocycles. The third-order valence-corrected chi connectivity index (χ3v) is 5.16. The minimum Gasteiger partial charge on any atom is -0.398 e. The number of anilines is 3. The van der Waals surface area contributed by atoms with Crippen molar-refractivity contribution in [2.75, 3.05) is 29.5 Å². The average molecular weight is 411 g/mol. The summed E-state index contributed by atoms with van der Waals surface area (Å²) in [5, 5.41) is 18.5. The number of aliphatic hydroxyl groups excluding tert-OH is 1. The van der Waals surface area contributed by atoms with Gasteiger partial charge in [-0.05, 0) is 55.7 Å². The molecule has 2 aromatic carbocycles. The fraction of sp³-hybridized carbons (Fsp3) is 0.391. The fourth-order valence-corrected chi connectivity index (χ4v) is 2.84. The van der Waals surface area contributed by atoms with Gasteiger partial charge in [-0.25, -0.2) is 0 Å². The van der Waals surface area contributed by atoms with Gasteiger partial charge >= 0.3 is 0 Å². The summed E-state index contributed by atoms with van der Waals surface area (Å²) in [5.74, 6) is -0.481. The molecular weight excluding hydrogens is 380 g/mol. The summed E-state index contributed by atoms with van der Waals surface area (Å²) in [5.41, 5.74) is 9.13. The van der Waals surface area contributed by atoms with E-state index in [-0.39, 0.29) is 29.9 Å². The Balaban J connectivity index is 1.75. The van der Waals surface area contributed by atoms with Crippen LogP contribution >= 0.6 is 0 Å². The first-order valence-electron chi connectivity index (χ1n) is 10.2. The van der Waals surface area contributed by atoms with Crippen molar-refractivity contribution in [2.45, 2.75) is 39.7 Å². The monoisotopic (exact) mass is 410 g/mol. The van der Waals surface area contributed by atoms with Crippen molar-refractivity contribution in [3.05, 3.63) is 53.1 Å². The molecule has 1 fully saturated rings. The number of nitrogen functional groups attached to an aromatic ring is 1. The molecule has 1 aliphatic rings. The SMILES string of the molecule is Cc1ccc(C(=O)NC2CC2)cc1NC(=O)c1cc(NCC(C)(C)CO)ccc1N. The number of aryl methyl sites for hydroxylation is 1. The van der Waals surface area contributed by atoms with Crippen LogP contribution in [0.5, 0.6) is 0 Å². The second-order valence-corrected chi connectivity index (χ2v) is 8.71. The Kier molecular flexibility index (Phi) is 6.31. The van der Waals surface area contributed by atoms with Gasteiger partial charge in [-0.2, -0.15) is 0 Å². The molecule has 0 heterocycles. The van der Waals surface area contributed by atoms with Gasteiger partial charge in [-0.3, -0.25) is 9.59 Å². The van der Waals surface area contributed by atoms with Crippen molar-refractivity contribution >= 4 is 28.9 Å². The second kappa shape index (κ2) is 8.75. The molecule has 7 nitrogen and oxygen atoms in total. The highest BCUT2D eigenvalue weighted by Gasteiger charge is 2.24. The molecule has 2 aromatic rings. The summed E-state index contributed by atoms with van der Waals surface area (Å²) >= 11 is 0. The predicted octanol–water partition coefficient (Wildman–Crippen LogP) is 3.15. The van der Waals surface area contributed by atoms with E-state index in [2.05, 4.69) is 16.0 Å². The first-order chi connectivity index (χ1) is 14.2. The molecule has 7 heteroatoms. The van der Waals surface area contributed by atoms with Gasteiger partial charge in [0.05, 0.1) is 5.56 Å². The highest BCUT2D eigenvalue weighted by Crippen LogP contribution is 2.24. The van der Waals surface area contributed by atoms with E-state index in [1.165, 1.54) is 0 Å². The summed E-state index contributed by atoms with van der Waals surface area (Å²) in [4.78, 5) is 25.2. The first-order valence-corrected chi connectivity index (χ1v) is 10.2. The molecule has 0 aromatic heterocycles. The number of nitrogens with one attached hydrogen (secondary N) is 3. The van der Waals surface area contributed by atoms with Gasteiger partial charge in [-0.1, -0.05) is 19.9 Å². The normalized spacial score (nSPS) is 13.6. The molecule has 2 amide bonds. The van der Waals surface area contributed by atoms with E-state index in [1.54, 1.807) is 30.3 Å². The summed E-state index contributed by atoms with van der Waals surface area (Å²) in [6, 6.07) is 10.7. The van der Waals surface area contributed by atoms with Gasteiger partial charge in [0.2, 0.25) is 0 Å². The summed E-state index contributed by atoms with van der Waals surface area (Å²) in [6.45, 7) is 6.36. The summed E-state index contributed by atoms with van der Waals surface area (Å²) in [7, 11) is 0. The van der Waals surface area contributed by atoms with Crippen molar-refractivity contribution in [2.24, 2.45) is 5.41 Å². The lowest BCUT2D eigenvalue weighted by molar-refractivity contribution is 0.0949. The average Bonchev–Trinajstić information content (AvgIpc) is 3.53. The smallest absolute Gasteiger partial charge is 0.257 e. The van der Waals surface area contributed by atoms with Gasteiger partial charge in [-0.15, -0.1) is 0 Å². The first kappa shape index (κ1) is 21.6. The van der Waals surface area contributed by atoms with Crippen LogP contribution in [0.15, 0.2) is 36.4 Å². The Labute approximate surface area is 177 Å². The standard InChI is InChI=1S/C23H30N4O3/c1-14-4-5-15(21(29)26-16-6-7-16)10-20(14)27-22(30)18-11-17(8-9-19(18)24)25-12-23(2,3)13-28/h4-5,8-11,16,25,28H,6-7,12-13,24H2,1-3H3,(H,26,29)(H,27,30). The third-order valence-electron chi connectivity index (χ3n) is 5.16. The topological polar surface area (TPSA) is 116 Å². The molecule has 0 unspecified atom stereocenters. The van der Waals surface area contributed by atoms with Crippen molar-refractivity contribution in [1.82, 2.24) is 5.32 Å². The van der Waals surface area contributed by atoms with Crippen molar-refractivity contribution < 1.29 is 14.7 Å². The molecule has 1 saturated carbocycles. The Morgan fingerprint density at radius 1 is 1.13 bits per heavy atom. The van der Waals surface area contributed by atoms with Gasteiger partial charge in [0.25, 0.3) is 11.8 Å². The number of nitrogens with two attached hydrogens (primary N) is 1. The predicted molar refractivity (Wildman–Crippen MR) is 120 cm³/mol. The quantitative estimate of drug-likeness (QED) is 0.429. The van der Waals surface area contributed by atoms with Crippen LogP contribution in [0.2, 0.25) is 0 Å². The Bertz CT molecular complexity index is 951. The molecule has 0 bridgehead atoms. The van der Waals surface area contributed by atoms with E-state index in [4.69, 9.17) is 5.73 Å². The van der Waals surface area contributed by atoms with E-state index < -0.39 is 0 Å². The van der Waals surface area contributed by atoms with Crippen LogP contribution in [0, 0.1) is 12.3 Å². The number of hydrogen-bond acceptors (Lipinski definition) is 5. The number of carbonyl (C=O) groups excluding carboxylic acids is 2. The van der Waals surface area contributed by atoms with Crippen LogP contribution in [0.4, 0.5) is 17.1 Å². The zero-order chi connectivity index (χ0) is 21.9. The van der Waals surface area contributed by atoms with Crippen molar-refractivity contribution in [3.8, 4) is 0 Å². The maximum Gasteiger partial charge on any atom is 0.257 e. The molecule has 6 N–H and O–H groups in total. The van der Waals surface area contributed by atoms with E-state index >= 15 is 0 Å². The van der Waals surface area contributed by atoms with Crippen molar-refractivity contribution in [3.63, 3.8) is 0 Å². The number of amides is 2. The molecule has 0 atom stereocenters. The lowest BCUT2D eigenvalue weighted by Crippen LogP contribution is -2.27. The Hall–Kier alpha value is -3.06. The Morgan fingerprint density at radius 3 is 2.53 bits per heavy atom. The van der Waals surface area contributed by atoms with E-state index in [0.717, 1.165) is 24.1 Å². The van der Waals surface area contributed by atoms with Crippen LogP contribution in [0.1, 0.15) is 53.0 Å². The molecular formula is C23H30N4O3. The minimum absolute atomic E-state index is 0.0479. The number of rotatable bonds is 8. The number of aliphatic hydroxyl groups is 1. The lowest BCUT2D eigenvalue weighted by atomic mass is 9.95. The number of benzene rings is 2. The Morgan fingerprint density at radius 2 is 1.87 bits per heavy atom. The summed E-state index contributed by atoms with van der Waals surface area (Å²) in [6.07, 6.45) is 2.03. The summed E-state index contributed by atoms with van der Waals surface area (Å²) < 4.78 is 0. The molecule has 1 aliphatic carbocycles. The van der Waals surface area contributed by atoms with Gasteiger partial charge in [0, 0.05) is 47.2 Å². The molecule has 160 valence electrons. The molecule has 30 heavy (non-hydrogen) atoms. The van der Waals surface area contributed by atoms with Crippen LogP contribution < -0.4 is 21.7 Å². The minimum atomic E-state index is -0.347. The van der Waals surface area contributed by atoms with Crippen LogP contribution in [-0.2, 0) is 0 Å². The second-order valence-electron chi connectivity index (χ2n) is 8.71. The molecule has 0 radical (unpaired) electrons. The number of hydrogen-bond donors (Lipinski definition) is 5. The van der Waals surface area contributed by atoms with Crippen LogP contribution in [-0.4, -0.2) is 36.1 Å². The van der Waals surface area contributed by atoms with E-state index in [0.29, 0.717) is 29.0 Å². The highest BCUT2D eigenvalue weighted by molar-refractivity contribution is 6.09. The molecule has 3 rings (SSSR count). The lowest BCUT2D eigenvalue weighted by Gasteiger charge is -2.23. The number of carbonyl (C=O) groups is 2. The van der Waals surface area contributed by atoms with Crippen LogP contribution in [0.25, 0.3) is 0 Å². The fourth-order valence-electron chi connectivity index (χ4n) is 2.84. The zero-order valence-corrected chi connectivity index (χ0v) is 17.7. The van der Waals surface area contributed by atoms with Gasteiger partial charge < -0.3 is 26.8 Å². The molecule has 0 spiro atoms. The molecule has 0 saturated heterocycles. The van der Waals surface area contributed by atoms with Crippen molar-refractivity contribution in [1.29, 1.82) is 0 Å². The maximum atomic E-state index is 12.9. The van der Waals surface area contributed by atoms with E-state index in [1.807, 2.05) is 26.8 Å².